The Kier molecular flexibility index (Phi) is 7.43. The minimum absolute atomic E-state index is 0.431. The fourth-order valence-corrected chi connectivity index (χ4v) is 3.04. The Bertz CT molecular complexity index is 1210. The number of pyridine rings is 1. The monoisotopic (exact) mass is 433 g/mol. The highest BCUT2D eigenvalue weighted by atomic mass is 16.5. The van der Waals surface area contributed by atoms with Crippen LogP contribution in [0.2, 0.25) is 0 Å². The maximum absolute atomic E-state index is 12.2. The van der Waals surface area contributed by atoms with E-state index < -0.39 is 5.97 Å². The standard InChI is InChI=1S/C29H23NO3/c31-29(33-28-15-10-23(11-16-28)6-7-25-18-20-30-21-19-25)17-12-24-8-13-27(14-9-24)32-22-26-4-2-1-3-5-26/h1-21H,22H2/b7-6+,17-12+. The van der Waals surface area contributed by atoms with E-state index in [0.29, 0.717) is 12.4 Å². The van der Waals surface area contributed by atoms with Crippen molar-refractivity contribution in [2.75, 3.05) is 0 Å². The van der Waals surface area contributed by atoms with Gasteiger partial charge >= 0.3 is 5.97 Å². The van der Waals surface area contributed by atoms with E-state index in [2.05, 4.69) is 4.98 Å². The zero-order valence-corrected chi connectivity index (χ0v) is 18.0. The summed E-state index contributed by atoms with van der Waals surface area (Å²) in [7, 11) is 0. The van der Waals surface area contributed by atoms with Gasteiger partial charge in [0.1, 0.15) is 18.1 Å². The molecule has 0 saturated carbocycles. The molecular formula is C29H23NO3. The van der Waals surface area contributed by atoms with Gasteiger partial charge in [0.2, 0.25) is 0 Å². The van der Waals surface area contributed by atoms with E-state index in [-0.39, 0.29) is 0 Å². The molecule has 33 heavy (non-hydrogen) atoms. The van der Waals surface area contributed by atoms with Gasteiger partial charge in [-0.05, 0) is 64.7 Å². The van der Waals surface area contributed by atoms with Crippen molar-refractivity contribution in [3.8, 4) is 11.5 Å². The number of nitrogens with zero attached hydrogens (tertiary/aromatic N) is 1. The van der Waals surface area contributed by atoms with E-state index in [4.69, 9.17) is 9.47 Å². The highest BCUT2D eigenvalue weighted by Crippen LogP contribution is 2.17. The quantitative estimate of drug-likeness (QED) is 0.182. The van der Waals surface area contributed by atoms with Gasteiger partial charge in [-0.1, -0.05) is 66.7 Å². The van der Waals surface area contributed by atoms with Crippen LogP contribution in [0.15, 0.2) is 109 Å². The van der Waals surface area contributed by atoms with E-state index in [1.807, 2.05) is 91.0 Å². The average Bonchev–Trinajstić information content (AvgIpc) is 2.88. The highest BCUT2D eigenvalue weighted by Gasteiger charge is 2.01. The van der Waals surface area contributed by atoms with Crippen molar-refractivity contribution in [2.45, 2.75) is 6.61 Å². The van der Waals surface area contributed by atoms with Crippen molar-refractivity contribution in [3.63, 3.8) is 0 Å². The second-order valence-electron chi connectivity index (χ2n) is 7.28. The van der Waals surface area contributed by atoms with Gasteiger partial charge in [0.15, 0.2) is 0 Å². The Labute approximate surface area is 193 Å². The molecule has 0 aliphatic carbocycles. The van der Waals surface area contributed by atoms with E-state index in [9.17, 15) is 4.79 Å². The lowest BCUT2D eigenvalue weighted by Crippen LogP contribution is -2.03. The van der Waals surface area contributed by atoms with Gasteiger partial charge in [0, 0.05) is 18.5 Å². The highest BCUT2D eigenvalue weighted by molar-refractivity contribution is 5.88. The maximum atomic E-state index is 12.2. The van der Waals surface area contributed by atoms with Gasteiger partial charge in [0.05, 0.1) is 0 Å². The summed E-state index contributed by atoms with van der Waals surface area (Å²) in [6.45, 7) is 0.515. The molecule has 0 atom stereocenters. The zero-order chi connectivity index (χ0) is 22.7. The lowest BCUT2D eigenvalue weighted by atomic mass is 10.1. The molecular weight excluding hydrogens is 410 g/mol. The Hall–Kier alpha value is -4.44. The van der Waals surface area contributed by atoms with Crippen molar-refractivity contribution in [2.24, 2.45) is 0 Å². The summed E-state index contributed by atoms with van der Waals surface area (Å²) in [5, 5.41) is 0. The zero-order valence-electron chi connectivity index (χ0n) is 18.0. The normalized spacial score (nSPS) is 11.0. The first-order chi connectivity index (χ1) is 16.2. The molecule has 1 aromatic heterocycles. The van der Waals surface area contributed by atoms with Crippen LogP contribution in [0.25, 0.3) is 18.2 Å². The molecule has 0 bridgehead atoms. The fourth-order valence-electron chi connectivity index (χ4n) is 3.04. The van der Waals surface area contributed by atoms with Gasteiger partial charge < -0.3 is 9.47 Å². The third kappa shape index (κ3) is 7.04. The molecule has 4 nitrogen and oxygen atoms in total. The number of aromatic nitrogens is 1. The Morgan fingerprint density at radius 1 is 0.667 bits per heavy atom. The fraction of sp³-hybridized carbons (Fsp3) is 0.0345. The molecule has 162 valence electrons. The van der Waals surface area contributed by atoms with Crippen LogP contribution >= 0.6 is 0 Å². The molecule has 4 aromatic rings. The first kappa shape index (κ1) is 21.8. The molecule has 3 aromatic carbocycles. The third-order valence-electron chi connectivity index (χ3n) is 4.81. The number of carbonyl (C=O) groups excluding carboxylic acids is 1. The van der Waals surface area contributed by atoms with Crippen LogP contribution in [0, 0.1) is 0 Å². The van der Waals surface area contributed by atoms with Crippen molar-refractivity contribution in [3.05, 3.63) is 132 Å². The van der Waals surface area contributed by atoms with Crippen LogP contribution in [-0.2, 0) is 11.4 Å². The van der Waals surface area contributed by atoms with Gasteiger partial charge in [-0.2, -0.15) is 0 Å². The number of benzene rings is 3. The predicted octanol–water partition coefficient (Wildman–Crippen LogP) is 6.45. The summed E-state index contributed by atoms with van der Waals surface area (Å²) >= 11 is 0. The molecule has 0 spiro atoms. The third-order valence-corrected chi connectivity index (χ3v) is 4.81. The second kappa shape index (κ2) is 11.3. The summed E-state index contributed by atoms with van der Waals surface area (Å²) in [6, 6.07) is 28.8. The molecule has 1 heterocycles. The molecule has 0 radical (unpaired) electrons. The molecule has 0 unspecified atom stereocenters. The van der Waals surface area contributed by atoms with Crippen LogP contribution in [0.4, 0.5) is 0 Å². The molecule has 0 aliphatic rings. The van der Waals surface area contributed by atoms with Crippen LogP contribution in [-0.4, -0.2) is 11.0 Å². The Morgan fingerprint density at radius 2 is 1.24 bits per heavy atom. The second-order valence-corrected chi connectivity index (χ2v) is 7.28. The molecule has 0 aliphatic heterocycles. The predicted molar refractivity (Wildman–Crippen MR) is 131 cm³/mol. The SMILES string of the molecule is O=C(/C=C/c1ccc(OCc2ccccc2)cc1)Oc1ccc(/C=C/c2ccncc2)cc1. The van der Waals surface area contributed by atoms with Crippen molar-refractivity contribution < 1.29 is 14.3 Å². The first-order valence-corrected chi connectivity index (χ1v) is 10.6. The van der Waals surface area contributed by atoms with E-state index in [1.54, 1.807) is 30.6 Å². The smallest absolute Gasteiger partial charge is 0.336 e. The van der Waals surface area contributed by atoms with Crippen LogP contribution in [0.1, 0.15) is 22.3 Å². The number of hydrogen-bond donors (Lipinski definition) is 0. The maximum Gasteiger partial charge on any atom is 0.336 e. The number of carbonyl (C=O) groups is 1. The van der Waals surface area contributed by atoms with E-state index in [1.165, 1.54) is 6.08 Å². The van der Waals surface area contributed by atoms with E-state index >= 15 is 0 Å². The molecule has 0 fully saturated rings. The van der Waals surface area contributed by atoms with Crippen LogP contribution in [0.5, 0.6) is 11.5 Å². The lowest BCUT2D eigenvalue weighted by Gasteiger charge is -2.06. The minimum atomic E-state index is -0.431. The van der Waals surface area contributed by atoms with Crippen molar-refractivity contribution >= 4 is 24.2 Å². The summed E-state index contributed by atoms with van der Waals surface area (Å²) < 4.78 is 11.2. The summed E-state index contributed by atoms with van der Waals surface area (Å²) in [6.07, 6.45) is 10.6. The van der Waals surface area contributed by atoms with Gasteiger partial charge in [0.25, 0.3) is 0 Å². The molecule has 0 amide bonds. The van der Waals surface area contributed by atoms with Crippen molar-refractivity contribution in [1.82, 2.24) is 4.98 Å². The Morgan fingerprint density at radius 3 is 1.91 bits per heavy atom. The lowest BCUT2D eigenvalue weighted by molar-refractivity contribution is -0.128. The summed E-state index contributed by atoms with van der Waals surface area (Å²) in [5.41, 5.74) is 4.08. The molecule has 0 saturated heterocycles. The minimum Gasteiger partial charge on any atom is -0.489 e. The van der Waals surface area contributed by atoms with Crippen LogP contribution < -0.4 is 9.47 Å². The van der Waals surface area contributed by atoms with Gasteiger partial charge in [-0.25, -0.2) is 4.79 Å². The molecule has 4 heteroatoms. The average molecular weight is 434 g/mol. The number of esters is 1. The number of hydrogen-bond acceptors (Lipinski definition) is 4. The largest absolute Gasteiger partial charge is 0.489 e. The van der Waals surface area contributed by atoms with Crippen molar-refractivity contribution in [1.29, 1.82) is 0 Å². The topological polar surface area (TPSA) is 48.4 Å². The molecule has 4 rings (SSSR count). The Balaban J connectivity index is 1.26. The number of rotatable bonds is 8. The van der Waals surface area contributed by atoms with Gasteiger partial charge in [-0.3, -0.25) is 4.98 Å². The molecule has 0 N–H and O–H groups in total. The number of ether oxygens (including phenoxy) is 2. The van der Waals surface area contributed by atoms with Crippen LogP contribution in [0.3, 0.4) is 0 Å². The summed E-state index contributed by atoms with van der Waals surface area (Å²) in [4.78, 5) is 16.2. The summed E-state index contributed by atoms with van der Waals surface area (Å²) in [5.74, 6) is 0.839. The first-order valence-electron chi connectivity index (χ1n) is 10.6. The van der Waals surface area contributed by atoms with Gasteiger partial charge in [-0.15, -0.1) is 0 Å². The van der Waals surface area contributed by atoms with E-state index in [0.717, 1.165) is 28.0 Å².